The van der Waals surface area contributed by atoms with Gasteiger partial charge in [0.25, 0.3) is 0 Å². The Labute approximate surface area is 130 Å². The number of hydrogen-bond donors (Lipinski definition) is 3. The number of carbonyl (C=O) groups excluding carboxylic acids is 1. The molecule has 0 saturated carbocycles. The van der Waals surface area contributed by atoms with E-state index in [-0.39, 0.29) is 28.8 Å². The topological polar surface area (TPSA) is 99.8 Å². The molecule has 1 heterocycles. The van der Waals surface area contributed by atoms with Crippen molar-refractivity contribution in [1.82, 2.24) is 0 Å². The quantitative estimate of drug-likeness (QED) is 0.645. The maximum absolute atomic E-state index is 12.0. The third-order valence-corrected chi connectivity index (χ3v) is 3.34. The number of phenolic OH excluding ortho intramolecular Hbond substituents is 1. The largest absolute Gasteiger partial charge is 0.508 e. The second kappa shape index (κ2) is 5.84. The third kappa shape index (κ3) is 3.01. The summed E-state index contributed by atoms with van der Waals surface area (Å²) in [5.74, 6) is -0.935. The van der Waals surface area contributed by atoms with E-state index in [0.717, 1.165) is 5.56 Å². The van der Waals surface area contributed by atoms with Crippen molar-refractivity contribution in [2.24, 2.45) is 0 Å². The maximum Gasteiger partial charge on any atom is 0.364 e. The molecule has 1 aromatic heterocycles. The Kier molecular flexibility index (Phi) is 3.72. The first-order chi connectivity index (χ1) is 11.0. The average molecular weight is 311 g/mol. The summed E-state index contributed by atoms with van der Waals surface area (Å²) in [6, 6.07) is 13.0. The van der Waals surface area contributed by atoms with Crippen LogP contribution in [0.5, 0.6) is 11.5 Å². The van der Waals surface area contributed by atoms with Crippen molar-refractivity contribution in [2.45, 2.75) is 6.42 Å². The van der Waals surface area contributed by atoms with Gasteiger partial charge in [-0.05, 0) is 17.7 Å². The zero-order valence-electron chi connectivity index (χ0n) is 11.9. The van der Waals surface area contributed by atoms with E-state index < -0.39 is 17.3 Å². The number of fused-ring (bicyclic) bond motifs is 1. The molecule has 0 aliphatic rings. The normalized spacial score (nSPS) is 10.6. The van der Waals surface area contributed by atoms with E-state index in [2.05, 4.69) is 5.32 Å². The number of hydrogen-bond acceptors (Lipinski definition) is 5. The number of aromatic hydroxyl groups is 2. The van der Waals surface area contributed by atoms with Gasteiger partial charge >= 0.3 is 5.63 Å². The number of amides is 1. The van der Waals surface area contributed by atoms with E-state index in [1.165, 1.54) is 18.2 Å². The van der Waals surface area contributed by atoms with Gasteiger partial charge < -0.3 is 19.9 Å². The van der Waals surface area contributed by atoms with Crippen LogP contribution in [0.3, 0.4) is 0 Å². The van der Waals surface area contributed by atoms with Crippen LogP contribution in [0.15, 0.2) is 57.7 Å². The van der Waals surface area contributed by atoms with Crippen molar-refractivity contribution in [1.29, 1.82) is 0 Å². The predicted octanol–water partition coefficient (Wildman–Crippen LogP) is 2.39. The lowest BCUT2D eigenvalue weighted by atomic mass is 10.1. The minimum Gasteiger partial charge on any atom is -0.508 e. The number of rotatable bonds is 3. The van der Waals surface area contributed by atoms with Gasteiger partial charge in [-0.3, -0.25) is 4.79 Å². The van der Waals surface area contributed by atoms with Crippen LogP contribution in [-0.4, -0.2) is 16.1 Å². The molecule has 0 atom stereocenters. The molecule has 0 aliphatic carbocycles. The molecule has 3 N–H and O–H groups in total. The fraction of sp³-hybridized carbons (Fsp3) is 0.0588. The smallest absolute Gasteiger partial charge is 0.364 e. The van der Waals surface area contributed by atoms with Gasteiger partial charge in [-0.1, -0.05) is 30.3 Å². The zero-order valence-corrected chi connectivity index (χ0v) is 11.9. The summed E-state index contributed by atoms with van der Waals surface area (Å²) < 4.78 is 5.02. The lowest BCUT2D eigenvalue weighted by molar-refractivity contribution is -0.115. The predicted molar refractivity (Wildman–Crippen MR) is 84.6 cm³/mol. The van der Waals surface area contributed by atoms with Gasteiger partial charge in [-0.2, -0.15) is 0 Å². The Morgan fingerprint density at radius 3 is 2.57 bits per heavy atom. The van der Waals surface area contributed by atoms with E-state index in [1.54, 1.807) is 24.3 Å². The third-order valence-electron chi connectivity index (χ3n) is 3.34. The van der Waals surface area contributed by atoms with Crippen LogP contribution in [0.1, 0.15) is 5.56 Å². The molecular formula is C17H13NO5. The van der Waals surface area contributed by atoms with Crippen molar-refractivity contribution in [3.05, 3.63) is 64.5 Å². The second-order valence-corrected chi connectivity index (χ2v) is 5.00. The molecule has 6 heteroatoms. The van der Waals surface area contributed by atoms with Crippen LogP contribution < -0.4 is 10.9 Å². The van der Waals surface area contributed by atoms with Gasteiger partial charge in [0.2, 0.25) is 5.91 Å². The highest BCUT2D eigenvalue weighted by molar-refractivity contribution is 5.97. The van der Waals surface area contributed by atoms with Crippen LogP contribution >= 0.6 is 0 Å². The van der Waals surface area contributed by atoms with Crippen LogP contribution in [0.2, 0.25) is 0 Å². The van der Waals surface area contributed by atoms with E-state index in [4.69, 9.17) is 4.42 Å². The molecule has 23 heavy (non-hydrogen) atoms. The molecule has 0 bridgehead atoms. The van der Waals surface area contributed by atoms with Crippen LogP contribution in [0, 0.1) is 0 Å². The average Bonchev–Trinajstić information content (AvgIpc) is 2.52. The molecule has 6 nitrogen and oxygen atoms in total. The maximum atomic E-state index is 12.0. The number of anilines is 1. The van der Waals surface area contributed by atoms with Crippen molar-refractivity contribution < 1.29 is 19.4 Å². The Morgan fingerprint density at radius 2 is 1.83 bits per heavy atom. The number of nitrogens with one attached hydrogen (secondary N) is 1. The Hall–Kier alpha value is -3.28. The van der Waals surface area contributed by atoms with E-state index in [0.29, 0.717) is 0 Å². The highest BCUT2D eigenvalue weighted by Crippen LogP contribution is 2.31. The molecule has 3 aromatic rings. The second-order valence-electron chi connectivity index (χ2n) is 5.00. The number of benzene rings is 2. The zero-order chi connectivity index (χ0) is 16.4. The Balaban J connectivity index is 1.92. The van der Waals surface area contributed by atoms with Crippen LogP contribution in [0.25, 0.3) is 11.0 Å². The molecule has 3 rings (SSSR count). The van der Waals surface area contributed by atoms with Crippen molar-refractivity contribution >= 4 is 22.6 Å². The van der Waals surface area contributed by atoms with Crippen LogP contribution in [-0.2, 0) is 11.2 Å². The first kappa shape index (κ1) is 14.6. The Bertz CT molecular complexity index is 931. The van der Waals surface area contributed by atoms with Crippen molar-refractivity contribution in [3.63, 3.8) is 0 Å². The summed E-state index contributed by atoms with van der Waals surface area (Å²) in [6.45, 7) is 0. The summed E-state index contributed by atoms with van der Waals surface area (Å²) in [4.78, 5) is 24.0. The molecule has 0 saturated heterocycles. The molecule has 0 radical (unpaired) electrons. The highest BCUT2D eigenvalue weighted by Gasteiger charge is 2.16. The molecule has 0 aliphatic heterocycles. The fourth-order valence-corrected chi connectivity index (χ4v) is 2.25. The first-order valence-corrected chi connectivity index (χ1v) is 6.87. The lowest BCUT2D eigenvalue weighted by Gasteiger charge is -2.08. The van der Waals surface area contributed by atoms with Gasteiger partial charge in [0.1, 0.15) is 11.3 Å². The number of phenols is 1. The van der Waals surface area contributed by atoms with Gasteiger partial charge in [0.05, 0.1) is 11.8 Å². The van der Waals surface area contributed by atoms with Crippen molar-refractivity contribution in [3.8, 4) is 11.5 Å². The van der Waals surface area contributed by atoms with Gasteiger partial charge in [-0.15, -0.1) is 0 Å². The standard InChI is InChI=1S/C17H13NO5/c19-11-6-7-12-13(9-11)23-17(22)15(16(12)21)18-14(20)8-10-4-2-1-3-5-10/h1-7,9,19,21H,8H2,(H,18,20). The number of carbonyl (C=O) groups is 1. The summed E-state index contributed by atoms with van der Waals surface area (Å²) in [7, 11) is 0. The van der Waals surface area contributed by atoms with Gasteiger partial charge in [0.15, 0.2) is 11.4 Å². The molecule has 0 spiro atoms. The fourth-order valence-electron chi connectivity index (χ4n) is 2.25. The van der Waals surface area contributed by atoms with Gasteiger partial charge in [0, 0.05) is 6.07 Å². The highest BCUT2D eigenvalue weighted by atomic mass is 16.4. The summed E-state index contributed by atoms with van der Waals surface area (Å²) in [6.07, 6.45) is 0.0628. The Morgan fingerprint density at radius 1 is 1.09 bits per heavy atom. The lowest BCUT2D eigenvalue weighted by Crippen LogP contribution is -2.19. The first-order valence-electron chi connectivity index (χ1n) is 6.87. The SMILES string of the molecule is O=C(Cc1ccccc1)Nc1c(O)c2ccc(O)cc2oc1=O. The molecule has 0 unspecified atom stereocenters. The minimum absolute atomic E-state index is 0.0357. The molecule has 2 aromatic carbocycles. The van der Waals surface area contributed by atoms with Gasteiger partial charge in [-0.25, -0.2) is 4.79 Å². The van der Waals surface area contributed by atoms with Crippen molar-refractivity contribution in [2.75, 3.05) is 5.32 Å². The molecular weight excluding hydrogens is 298 g/mol. The molecule has 0 fully saturated rings. The summed E-state index contributed by atoms with van der Waals surface area (Å²) >= 11 is 0. The van der Waals surface area contributed by atoms with E-state index in [1.807, 2.05) is 6.07 Å². The summed E-state index contributed by atoms with van der Waals surface area (Å²) in [5, 5.41) is 22.2. The molecule has 1 amide bonds. The van der Waals surface area contributed by atoms with E-state index in [9.17, 15) is 19.8 Å². The monoisotopic (exact) mass is 311 g/mol. The molecule has 116 valence electrons. The van der Waals surface area contributed by atoms with Crippen LogP contribution in [0.4, 0.5) is 5.69 Å². The minimum atomic E-state index is -0.887. The summed E-state index contributed by atoms with van der Waals surface area (Å²) in [5.41, 5.74) is -0.390. The van der Waals surface area contributed by atoms with E-state index >= 15 is 0 Å².